The number of aromatic nitrogens is 3. The Morgan fingerprint density at radius 1 is 1.39 bits per heavy atom. The van der Waals surface area contributed by atoms with E-state index in [9.17, 15) is 4.79 Å². The first-order valence-corrected chi connectivity index (χ1v) is 10.9. The number of thiazole rings is 1. The van der Waals surface area contributed by atoms with Crippen LogP contribution in [0, 0.1) is 5.92 Å². The Bertz CT molecular complexity index is 947. The van der Waals surface area contributed by atoms with Gasteiger partial charge in [-0.05, 0) is 37.3 Å². The lowest BCUT2D eigenvalue weighted by Gasteiger charge is -2.32. The predicted octanol–water partition coefficient (Wildman–Crippen LogP) is 3.78. The normalized spacial score (nSPS) is 18.0. The molecule has 148 valence electrons. The average molecular weight is 398 g/mol. The van der Waals surface area contributed by atoms with Gasteiger partial charge in [0, 0.05) is 23.9 Å². The van der Waals surface area contributed by atoms with E-state index in [2.05, 4.69) is 39.6 Å². The molecule has 3 heterocycles. The third kappa shape index (κ3) is 4.25. The Hall–Kier alpha value is -2.25. The van der Waals surface area contributed by atoms with Crippen LogP contribution in [0.1, 0.15) is 53.8 Å². The van der Waals surface area contributed by atoms with E-state index in [0.29, 0.717) is 24.1 Å². The van der Waals surface area contributed by atoms with Crippen molar-refractivity contribution < 1.29 is 4.79 Å². The zero-order valence-electron chi connectivity index (χ0n) is 16.4. The van der Waals surface area contributed by atoms with E-state index in [0.717, 1.165) is 43.4 Å². The fourth-order valence-electron chi connectivity index (χ4n) is 3.77. The number of piperidine rings is 1. The number of carbonyl (C=O) groups is 1. The highest BCUT2D eigenvalue weighted by atomic mass is 32.1. The van der Waals surface area contributed by atoms with E-state index in [4.69, 9.17) is 4.98 Å². The largest absolute Gasteiger partial charge is 0.350 e. The van der Waals surface area contributed by atoms with Gasteiger partial charge in [-0.25, -0.2) is 4.98 Å². The van der Waals surface area contributed by atoms with Crippen LogP contribution in [-0.2, 0) is 6.54 Å². The first-order valence-electron chi connectivity index (χ1n) is 9.98. The molecule has 0 unspecified atom stereocenters. The summed E-state index contributed by atoms with van der Waals surface area (Å²) in [7, 11) is 0. The molecule has 0 bridgehead atoms. The van der Waals surface area contributed by atoms with Crippen molar-refractivity contribution in [2.75, 3.05) is 19.6 Å². The molecule has 6 nitrogen and oxygen atoms in total. The number of rotatable bonds is 6. The maximum absolute atomic E-state index is 12.6. The van der Waals surface area contributed by atoms with Crippen LogP contribution in [0.15, 0.2) is 29.6 Å². The molecule has 0 spiro atoms. The van der Waals surface area contributed by atoms with Gasteiger partial charge in [0.25, 0.3) is 5.91 Å². The van der Waals surface area contributed by atoms with E-state index in [1.54, 1.807) is 11.3 Å². The van der Waals surface area contributed by atoms with Gasteiger partial charge in [-0.2, -0.15) is 5.10 Å². The first kappa shape index (κ1) is 19.1. The van der Waals surface area contributed by atoms with Crippen molar-refractivity contribution in [1.82, 2.24) is 25.4 Å². The van der Waals surface area contributed by atoms with Crippen LogP contribution >= 0.6 is 11.3 Å². The smallest absolute Gasteiger partial charge is 0.272 e. The highest BCUT2D eigenvalue weighted by molar-refractivity contribution is 7.09. The molecule has 2 aromatic heterocycles. The molecule has 28 heavy (non-hydrogen) atoms. The zero-order chi connectivity index (χ0) is 19.5. The summed E-state index contributed by atoms with van der Waals surface area (Å²) in [6, 6.07) is 7.72. The van der Waals surface area contributed by atoms with Crippen molar-refractivity contribution in [3.8, 4) is 0 Å². The van der Waals surface area contributed by atoms with Crippen LogP contribution < -0.4 is 5.32 Å². The van der Waals surface area contributed by atoms with Crippen LogP contribution in [0.3, 0.4) is 0 Å². The fourth-order valence-corrected chi connectivity index (χ4v) is 4.77. The molecule has 1 aromatic carbocycles. The van der Waals surface area contributed by atoms with E-state index >= 15 is 0 Å². The Kier molecular flexibility index (Phi) is 5.73. The van der Waals surface area contributed by atoms with Crippen molar-refractivity contribution in [3.05, 3.63) is 46.0 Å². The number of likely N-dealkylation sites (tertiary alicyclic amines) is 1. The molecule has 2 N–H and O–H groups in total. The lowest BCUT2D eigenvalue weighted by Crippen LogP contribution is -2.40. The minimum atomic E-state index is -0.101. The Labute approximate surface area is 169 Å². The highest BCUT2D eigenvalue weighted by Crippen LogP contribution is 2.22. The molecule has 1 fully saturated rings. The summed E-state index contributed by atoms with van der Waals surface area (Å²) in [5.41, 5.74) is 2.56. The van der Waals surface area contributed by atoms with Crippen LogP contribution in [0.5, 0.6) is 0 Å². The molecule has 1 saturated heterocycles. The summed E-state index contributed by atoms with van der Waals surface area (Å²) in [5.74, 6) is 0.843. The van der Waals surface area contributed by atoms with Gasteiger partial charge in [0.05, 0.1) is 17.8 Å². The summed E-state index contributed by atoms with van der Waals surface area (Å²) >= 11 is 1.76. The second kappa shape index (κ2) is 8.41. The Morgan fingerprint density at radius 3 is 3.07 bits per heavy atom. The SMILES string of the molecule is CC(C)c1csc(CN2CCC[C@H](CNC(=O)c3n[nH]c4ccccc34)C2)n1. The first-order chi connectivity index (χ1) is 13.6. The number of fused-ring (bicyclic) bond motifs is 1. The number of para-hydroxylation sites is 1. The number of H-pyrrole nitrogens is 1. The van der Waals surface area contributed by atoms with Crippen molar-refractivity contribution in [1.29, 1.82) is 0 Å². The number of amides is 1. The van der Waals surface area contributed by atoms with E-state index < -0.39 is 0 Å². The molecule has 4 rings (SSSR count). The molecule has 0 saturated carbocycles. The molecular weight excluding hydrogens is 370 g/mol. The summed E-state index contributed by atoms with van der Waals surface area (Å²) in [6.45, 7) is 8.06. The van der Waals surface area contributed by atoms with Crippen molar-refractivity contribution in [2.24, 2.45) is 5.92 Å². The predicted molar refractivity (Wildman–Crippen MR) is 113 cm³/mol. The van der Waals surface area contributed by atoms with Crippen LogP contribution in [0.2, 0.25) is 0 Å². The third-order valence-corrected chi connectivity index (χ3v) is 6.21. The van der Waals surface area contributed by atoms with Crippen LogP contribution in [0.25, 0.3) is 10.9 Å². The average Bonchev–Trinajstić information content (AvgIpc) is 3.33. The number of hydrogen-bond acceptors (Lipinski definition) is 5. The molecule has 1 atom stereocenters. The topological polar surface area (TPSA) is 73.9 Å². The van der Waals surface area contributed by atoms with Gasteiger partial charge in [-0.1, -0.05) is 32.0 Å². The van der Waals surface area contributed by atoms with Gasteiger partial charge in [0.2, 0.25) is 0 Å². The molecular formula is C21H27N5OS. The fraction of sp³-hybridized carbons (Fsp3) is 0.476. The second-order valence-electron chi connectivity index (χ2n) is 7.89. The molecule has 0 radical (unpaired) electrons. The minimum Gasteiger partial charge on any atom is -0.350 e. The molecule has 0 aliphatic carbocycles. The summed E-state index contributed by atoms with van der Waals surface area (Å²) < 4.78 is 0. The number of nitrogens with zero attached hydrogens (tertiary/aromatic N) is 3. The van der Waals surface area contributed by atoms with Crippen LogP contribution in [0.4, 0.5) is 0 Å². The van der Waals surface area contributed by atoms with Gasteiger partial charge in [0.15, 0.2) is 5.69 Å². The van der Waals surface area contributed by atoms with Gasteiger partial charge in [0.1, 0.15) is 5.01 Å². The number of benzene rings is 1. The number of carbonyl (C=O) groups excluding carboxylic acids is 1. The van der Waals surface area contributed by atoms with Gasteiger partial charge in [-0.3, -0.25) is 14.8 Å². The van der Waals surface area contributed by atoms with Crippen molar-refractivity contribution in [3.63, 3.8) is 0 Å². The van der Waals surface area contributed by atoms with E-state index in [1.807, 2.05) is 24.3 Å². The minimum absolute atomic E-state index is 0.101. The summed E-state index contributed by atoms with van der Waals surface area (Å²) in [6.07, 6.45) is 2.31. The van der Waals surface area contributed by atoms with Crippen molar-refractivity contribution >= 4 is 28.1 Å². The number of nitrogens with one attached hydrogen (secondary N) is 2. The second-order valence-corrected chi connectivity index (χ2v) is 8.83. The third-order valence-electron chi connectivity index (χ3n) is 5.36. The van der Waals surface area contributed by atoms with Crippen LogP contribution in [-0.4, -0.2) is 45.6 Å². The summed E-state index contributed by atoms with van der Waals surface area (Å²) in [4.78, 5) is 19.8. The molecule has 7 heteroatoms. The summed E-state index contributed by atoms with van der Waals surface area (Å²) in [5, 5.41) is 14.4. The highest BCUT2D eigenvalue weighted by Gasteiger charge is 2.22. The maximum atomic E-state index is 12.6. The van der Waals surface area contributed by atoms with E-state index in [1.165, 1.54) is 10.7 Å². The molecule has 1 amide bonds. The Morgan fingerprint density at radius 2 is 2.25 bits per heavy atom. The Balaban J connectivity index is 1.31. The molecule has 3 aromatic rings. The molecule has 1 aliphatic rings. The van der Waals surface area contributed by atoms with E-state index in [-0.39, 0.29) is 5.91 Å². The monoisotopic (exact) mass is 397 g/mol. The molecule has 1 aliphatic heterocycles. The van der Waals surface area contributed by atoms with Gasteiger partial charge >= 0.3 is 0 Å². The quantitative estimate of drug-likeness (QED) is 0.664. The lowest BCUT2D eigenvalue weighted by atomic mass is 9.98. The zero-order valence-corrected chi connectivity index (χ0v) is 17.3. The lowest BCUT2D eigenvalue weighted by molar-refractivity contribution is 0.0927. The van der Waals surface area contributed by atoms with Crippen molar-refractivity contribution in [2.45, 2.75) is 39.2 Å². The standard InChI is InChI=1S/C21H27N5OS/c1-14(2)18-13-28-19(23-18)12-26-9-5-6-15(11-26)10-22-21(27)20-16-7-3-4-8-17(16)24-25-20/h3-4,7-8,13-15H,5-6,9-12H2,1-2H3,(H,22,27)(H,24,25)/t15-/m1/s1. The number of aromatic amines is 1. The maximum Gasteiger partial charge on any atom is 0.272 e. The van der Waals surface area contributed by atoms with Gasteiger partial charge in [-0.15, -0.1) is 11.3 Å². The van der Waals surface area contributed by atoms with Gasteiger partial charge < -0.3 is 5.32 Å². The number of hydrogen-bond donors (Lipinski definition) is 2.